The number of hydrogen-bond acceptors (Lipinski definition) is 4. The summed E-state index contributed by atoms with van der Waals surface area (Å²) in [5.41, 5.74) is 0.968. The zero-order valence-corrected chi connectivity index (χ0v) is 14.7. The van der Waals surface area contributed by atoms with Crippen molar-refractivity contribution in [1.82, 2.24) is 15.1 Å². The van der Waals surface area contributed by atoms with Crippen LogP contribution in [0.15, 0.2) is 24.3 Å². The van der Waals surface area contributed by atoms with Gasteiger partial charge in [0.15, 0.2) is 0 Å². The summed E-state index contributed by atoms with van der Waals surface area (Å²) in [7, 11) is 1.61. The zero-order chi connectivity index (χ0) is 17.5. The van der Waals surface area contributed by atoms with Crippen LogP contribution in [-0.4, -0.2) is 60.9 Å². The molecule has 6 nitrogen and oxygen atoms in total. The van der Waals surface area contributed by atoms with Crippen LogP contribution in [0.3, 0.4) is 0 Å². The molecule has 132 valence electrons. The van der Waals surface area contributed by atoms with Gasteiger partial charge < -0.3 is 15.0 Å². The van der Waals surface area contributed by atoms with Crippen LogP contribution in [0.25, 0.3) is 0 Å². The number of hydrogen-bond donors (Lipinski definition) is 1. The minimum atomic E-state index is -0.135. The highest BCUT2D eigenvalue weighted by atomic mass is 16.5. The summed E-state index contributed by atoms with van der Waals surface area (Å²) in [5.74, 6) is 0.678. The third kappa shape index (κ3) is 5.23. The van der Waals surface area contributed by atoms with Gasteiger partial charge in [-0.15, -0.1) is 0 Å². The molecule has 1 N–H and O–H groups in total. The van der Waals surface area contributed by atoms with Crippen molar-refractivity contribution >= 4 is 11.8 Å². The Hall–Kier alpha value is -2.08. The Balaban J connectivity index is 1.83. The minimum absolute atomic E-state index is 0.0506. The van der Waals surface area contributed by atoms with Crippen LogP contribution in [-0.2, 0) is 16.1 Å². The van der Waals surface area contributed by atoms with E-state index in [0.29, 0.717) is 25.6 Å². The Kier molecular flexibility index (Phi) is 6.61. The van der Waals surface area contributed by atoms with Gasteiger partial charge in [0.05, 0.1) is 13.7 Å². The molecule has 1 fully saturated rings. The smallest absolute Gasteiger partial charge is 0.239 e. The molecule has 0 atom stereocenters. The predicted octanol–water partition coefficient (Wildman–Crippen LogP) is 1.25. The molecule has 2 amide bonds. The van der Waals surface area contributed by atoms with Gasteiger partial charge in [-0.05, 0) is 31.5 Å². The second kappa shape index (κ2) is 8.68. The van der Waals surface area contributed by atoms with Crippen LogP contribution in [0.4, 0.5) is 0 Å². The van der Waals surface area contributed by atoms with Crippen molar-refractivity contribution in [2.45, 2.75) is 32.9 Å². The molecule has 1 aromatic rings. The van der Waals surface area contributed by atoms with Crippen molar-refractivity contribution in [1.29, 1.82) is 0 Å². The Labute approximate surface area is 143 Å². The molecule has 0 unspecified atom stereocenters. The summed E-state index contributed by atoms with van der Waals surface area (Å²) >= 11 is 0. The second-order valence-electron chi connectivity index (χ2n) is 6.32. The van der Waals surface area contributed by atoms with E-state index in [2.05, 4.69) is 24.1 Å². The molecule has 0 spiro atoms. The maximum Gasteiger partial charge on any atom is 0.239 e. The SMILES string of the molecule is COc1cccc(CNC(=O)CN2CCN(C(C)C)CCC2=O)c1. The van der Waals surface area contributed by atoms with Crippen LogP contribution >= 0.6 is 0 Å². The maximum atomic E-state index is 12.2. The van der Waals surface area contributed by atoms with E-state index in [0.717, 1.165) is 24.4 Å². The van der Waals surface area contributed by atoms with E-state index in [9.17, 15) is 9.59 Å². The first-order valence-electron chi connectivity index (χ1n) is 8.41. The van der Waals surface area contributed by atoms with E-state index in [1.54, 1.807) is 12.0 Å². The third-order valence-electron chi connectivity index (χ3n) is 4.31. The third-order valence-corrected chi connectivity index (χ3v) is 4.31. The van der Waals surface area contributed by atoms with E-state index >= 15 is 0 Å². The van der Waals surface area contributed by atoms with Gasteiger partial charge in [0, 0.05) is 38.6 Å². The molecule has 0 aromatic heterocycles. The van der Waals surface area contributed by atoms with E-state index in [1.165, 1.54) is 0 Å². The summed E-state index contributed by atoms with van der Waals surface area (Å²) in [6.07, 6.45) is 0.474. The van der Waals surface area contributed by atoms with Gasteiger partial charge in [-0.2, -0.15) is 0 Å². The summed E-state index contributed by atoms with van der Waals surface area (Å²) in [4.78, 5) is 28.3. The number of amides is 2. The number of methoxy groups -OCH3 is 1. The minimum Gasteiger partial charge on any atom is -0.497 e. The lowest BCUT2D eigenvalue weighted by Crippen LogP contribution is -2.41. The number of nitrogens with zero attached hydrogens (tertiary/aromatic N) is 2. The first-order valence-corrected chi connectivity index (χ1v) is 8.41. The molecule has 0 radical (unpaired) electrons. The standard InChI is InChI=1S/C18H27N3O3/c1-14(2)20-8-7-18(23)21(10-9-20)13-17(22)19-12-15-5-4-6-16(11-15)24-3/h4-6,11,14H,7-10,12-13H2,1-3H3,(H,19,22). The van der Waals surface area contributed by atoms with Gasteiger partial charge >= 0.3 is 0 Å². The highest BCUT2D eigenvalue weighted by Crippen LogP contribution is 2.12. The van der Waals surface area contributed by atoms with Gasteiger partial charge in [0.2, 0.25) is 11.8 Å². The normalized spacial score (nSPS) is 16.2. The van der Waals surface area contributed by atoms with Gasteiger partial charge in [-0.1, -0.05) is 12.1 Å². The molecule has 0 bridgehead atoms. The number of nitrogens with one attached hydrogen (secondary N) is 1. The number of benzene rings is 1. The number of ether oxygens (including phenoxy) is 1. The molecule has 1 aliphatic heterocycles. The van der Waals surface area contributed by atoms with Crippen LogP contribution in [0.1, 0.15) is 25.8 Å². The number of carbonyl (C=O) groups excluding carboxylic acids is 2. The largest absolute Gasteiger partial charge is 0.497 e. The molecule has 2 rings (SSSR count). The first-order chi connectivity index (χ1) is 11.5. The Morgan fingerprint density at radius 1 is 1.29 bits per heavy atom. The summed E-state index contributed by atoms with van der Waals surface area (Å²) < 4.78 is 5.17. The molecule has 1 heterocycles. The van der Waals surface area contributed by atoms with Crippen LogP contribution in [0.2, 0.25) is 0 Å². The van der Waals surface area contributed by atoms with Crippen molar-refractivity contribution < 1.29 is 14.3 Å². The van der Waals surface area contributed by atoms with Gasteiger partial charge in [-0.3, -0.25) is 14.5 Å². The topological polar surface area (TPSA) is 61.9 Å². The molecular weight excluding hydrogens is 306 g/mol. The highest BCUT2D eigenvalue weighted by molar-refractivity contribution is 5.85. The van der Waals surface area contributed by atoms with E-state index in [-0.39, 0.29) is 18.4 Å². The molecule has 1 aromatic carbocycles. The van der Waals surface area contributed by atoms with Crippen molar-refractivity contribution in [3.05, 3.63) is 29.8 Å². The fraction of sp³-hybridized carbons (Fsp3) is 0.556. The van der Waals surface area contributed by atoms with Crippen LogP contribution in [0.5, 0.6) is 5.75 Å². The van der Waals surface area contributed by atoms with Crippen LogP contribution < -0.4 is 10.1 Å². The van der Waals surface area contributed by atoms with Crippen molar-refractivity contribution in [3.8, 4) is 5.75 Å². The average Bonchev–Trinajstić information content (AvgIpc) is 2.75. The maximum absolute atomic E-state index is 12.2. The highest BCUT2D eigenvalue weighted by Gasteiger charge is 2.23. The predicted molar refractivity (Wildman–Crippen MR) is 92.7 cm³/mol. The Bertz CT molecular complexity index is 574. The number of carbonyl (C=O) groups is 2. The average molecular weight is 333 g/mol. The first kappa shape index (κ1) is 18.3. The summed E-state index contributed by atoms with van der Waals surface area (Å²) in [5, 5.41) is 2.87. The van der Waals surface area contributed by atoms with E-state index in [4.69, 9.17) is 4.74 Å². The molecule has 1 saturated heterocycles. The van der Waals surface area contributed by atoms with E-state index < -0.39 is 0 Å². The Morgan fingerprint density at radius 2 is 2.08 bits per heavy atom. The molecule has 1 aliphatic rings. The summed E-state index contributed by atoms with van der Waals surface area (Å²) in [6, 6.07) is 7.98. The Morgan fingerprint density at radius 3 is 2.79 bits per heavy atom. The molecule has 6 heteroatoms. The quantitative estimate of drug-likeness (QED) is 0.851. The molecular formula is C18H27N3O3. The van der Waals surface area contributed by atoms with Crippen LogP contribution in [0, 0.1) is 0 Å². The van der Waals surface area contributed by atoms with Gasteiger partial charge in [-0.25, -0.2) is 0 Å². The summed E-state index contributed by atoms with van der Waals surface area (Å²) in [6.45, 7) is 6.97. The monoisotopic (exact) mass is 333 g/mol. The lowest BCUT2D eigenvalue weighted by Gasteiger charge is -2.24. The lowest BCUT2D eigenvalue weighted by molar-refractivity contribution is -0.135. The van der Waals surface area contributed by atoms with Gasteiger partial charge in [0.1, 0.15) is 5.75 Å². The lowest BCUT2D eigenvalue weighted by atomic mass is 10.2. The van der Waals surface area contributed by atoms with Gasteiger partial charge in [0.25, 0.3) is 0 Å². The van der Waals surface area contributed by atoms with Crippen molar-refractivity contribution in [2.24, 2.45) is 0 Å². The molecule has 0 aliphatic carbocycles. The second-order valence-corrected chi connectivity index (χ2v) is 6.32. The van der Waals surface area contributed by atoms with Crippen molar-refractivity contribution in [3.63, 3.8) is 0 Å². The fourth-order valence-electron chi connectivity index (χ4n) is 2.78. The van der Waals surface area contributed by atoms with Crippen molar-refractivity contribution in [2.75, 3.05) is 33.3 Å². The number of rotatable bonds is 6. The van der Waals surface area contributed by atoms with E-state index in [1.807, 2.05) is 24.3 Å². The molecule has 24 heavy (non-hydrogen) atoms. The fourth-order valence-corrected chi connectivity index (χ4v) is 2.78. The zero-order valence-electron chi connectivity index (χ0n) is 14.7. The molecule has 0 saturated carbocycles.